The largest absolute Gasteiger partial charge is 0.482 e. The normalized spacial score (nSPS) is 17.7. The van der Waals surface area contributed by atoms with E-state index in [2.05, 4.69) is 4.74 Å². The zero-order chi connectivity index (χ0) is 18.0. The molecule has 1 aromatic carbocycles. The van der Waals surface area contributed by atoms with Crippen molar-refractivity contribution in [2.45, 2.75) is 18.9 Å². The maximum Gasteiger partial charge on any atom is 0.410 e. The first-order valence-corrected chi connectivity index (χ1v) is 8.00. The Balaban J connectivity index is 1.73. The SMILES string of the molecule is CCOC(=O)N1CC2(CC(=O)c3cc(C=CC(=O)OC)ccc3O2)C1. The van der Waals surface area contributed by atoms with Crippen molar-refractivity contribution >= 4 is 23.9 Å². The lowest BCUT2D eigenvalue weighted by Crippen LogP contribution is -2.68. The minimum absolute atomic E-state index is 0.0434. The van der Waals surface area contributed by atoms with Gasteiger partial charge in [-0.05, 0) is 30.7 Å². The summed E-state index contributed by atoms with van der Waals surface area (Å²) >= 11 is 0. The van der Waals surface area contributed by atoms with Crippen LogP contribution in [0.5, 0.6) is 5.75 Å². The smallest absolute Gasteiger partial charge is 0.410 e. The maximum atomic E-state index is 12.5. The van der Waals surface area contributed by atoms with Crippen molar-refractivity contribution in [2.24, 2.45) is 0 Å². The van der Waals surface area contributed by atoms with E-state index in [1.807, 2.05) is 0 Å². The van der Waals surface area contributed by atoms with E-state index < -0.39 is 17.7 Å². The second-order valence-corrected chi connectivity index (χ2v) is 6.05. The number of rotatable bonds is 3. The van der Waals surface area contributed by atoms with Gasteiger partial charge >= 0.3 is 12.1 Å². The van der Waals surface area contributed by atoms with Crippen molar-refractivity contribution in [1.29, 1.82) is 0 Å². The third kappa shape index (κ3) is 3.35. The van der Waals surface area contributed by atoms with Gasteiger partial charge in [0.2, 0.25) is 0 Å². The summed E-state index contributed by atoms with van der Waals surface area (Å²) in [6.07, 6.45) is 2.69. The first-order valence-electron chi connectivity index (χ1n) is 8.00. The highest BCUT2D eigenvalue weighted by Gasteiger charge is 2.52. The van der Waals surface area contributed by atoms with E-state index in [-0.39, 0.29) is 12.2 Å². The minimum atomic E-state index is -0.666. The molecule has 2 aliphatic rings. The predicted molar refractivity (Wildman–Crippen MR) is 88.4 cm³/mol. The molecular formula is C18H19NO6. The molecule has 2 aliphatic heterocycles. The number of amides is 1. The molecular weight excluding hydrogens is 326 g/mol. The molecule has 0 aliphatic carbocycles. The Kier molecular flexibility index (Phi) is 4.48. The first kappa shape index (κ1) is 17.0. The van der Waals surface area contributed by atoms with Crippen molar-refractivity contribution in [2.75, 3.05) is 26.8 Å². The third-order valence-electron chi connectivity index (χ3n) is 4.21. The molecule has 1 spiro atoms. The van der Waals surface area contributed by atoms with E-state index in [9.17, 15) is 14.4 Å². The molecule has 1 amide bonds. The van der Waals surface area contributed by atoms with Crippen molar-refractivity contribution < 1.29 is 28.6 Å². The number of hydrogen-bond acceptors (Lipinski definition) is 6. The van der Waals surface area contributed by atoms with Crippen LogP contribution in [0, 0.1) is 0 Å². The van der Waals surface area contributed by atoms with E-state index in [0.717, 1.165) is 0 Å². The number of hydrogen-bond donors (Lipinski definition) is 0. The summed E-state index contributed by atoms with van der Waals surface area (Å²) in [6, 6.07) is 5.15. The Morgan fingerprint density at radius 1 is 1.36 bits per heavy atom. The molecule has 0 radical (unpaired) electrons. The van der Waals surface area contributed by atoms with Gasteiger partial charge in [-0.2, -0.15) is 0 Å². The molecule has 0 saturated carbocycles. The number of nitrogens with zero attached hydrogens (tertiary/aromatic N) is 1. The van der Waals surface area contributed by atoms with Gasteiger partial charge in [0.05, 0.1) is 38.8 Å². The minimum Gasteiger partial charge on any atom is -0.482 e. The van der Waals surface area contributed by atoms with Gasteiger partial charge in [-0.3, -0.25) is 4.79 Å². The van der Waals surface area contributed by atoms with Crippen LogP contribution in [0.2, 0.25) is 0 Å². The third-order valence-corrected chi connectivity index (χ3v) is 4.21. The molecule has 132 valence electrons. The zero-order valence-electron chi connectivity index (χ0n) is 14.1. The molecule has 1 saturated heterocycles. The van der Waals surface area contributed by atoms with Gasteiger partial charge in [0.1, 0.15) is 5.75 Å². The topological polar surface area (TPSA) is 82.1 Å². The van der Waals surface area contributed by atoms with E-state index >= 15 is 0 Å². The van der Waals surface area contributed by atoms with Gasteiger partial charge < -0.3 is 19.1 Å². The molecule has 7 heteroatoms. The van der Waals surface area contributed by atoms with Crippen LogP contribution >= 0.6 is 0 Å². The Labute approximate surface area is 145 Å². The van der Waals surface area contributed by atoms with Crippen molar-refractivity contribution in [3.8, 4) is 5.75 Å². The van der Waals surface area contributed by atoms with E-state index in [0.29, 0.717) is 36.6 Å². The summed E-state index contributed by atoms with van der Waals surface area (Å²) in [4.78, 5) is 36.9. The molecule has 1 aromatic rings. The fraction of sp³-hybridized carbons (Fsp3) is 0.389. The summed E-state index contributed by atoms with van der Waals surface area (Å²) in [5, 5.41) is 0. The van der Waals surface area contributed by atoms with E-state index in [4.69, 9.17) is 9.47 Å². The summed E-state index contributed by atoms with van der Waals surface area (Å²) in [7, 11) is 1.30. The number of carbonyl (C=O) groups excluding carboxylic acids is 3. The summed E-state index contributed by atoms with van der Waals surface area (Å²) < 4.78 is 15.5. The standard InChI is InChI=1S/C18H19NO6/c1-3-24-17(22)19-10-18(11-19)9-14(20)13-8-12(4-6-15(13)25-18)5-7-16(21)23-2/h4-8H,3,9-11H2,1-2H3. The average Bonchev–Trinajstić information content (AvgIpc) is 2.57. The number of benzene rings is 1. The molecule has 7 nitrogen and oxygen atoms in total. The van der Waals surface area contributed by atoms with Crippen LogP contribution in [0.15, 0.2) is 24.3 Å². The molecule has 2 heterocycles. The zero-order valence-corrected chi connectivity index (χ0v) is 14.1. The molecule has 0 unspecified atom stereocenters. The van der Waals surface area contributed by atoms with Crippen LogP contribution < -0.4 is 4.74 Å². The quantitative estimate of drug-likeness (QED) is 0.616. The van der Waals surface area contributed by atoms with Gasteiger partial charge in [-0.1, -0.05) is 6.07 Å². The Morgan fingerprint density at radius 2 is 2.12 bits per heavy atom. The number of methoxy groups -OCH3 is 1. The highest BCUT2D eigenvalue weighted by atomic mass is 16.6. The number of carbonyl (C=O) groups is 3. The monoisotopic (exact) mass is 345 g/mol. The van der Waals surface area contributed by atoms with Crippen LogP contribution in [-0.4, -0.2) is 55.2 Å². The van der Waals surface area contributed by atoms with Crippen LogP contribution in [0.25, 0.3) is 6.08 Å². The average molecular weight is 345 g/mol. The van der Waals surface area contributed by atoms with Gasteiger partial charge in [0, 0.05) is 6.08 Å². The van der Waals surface area contributed by atoms with Gasteiger partial charge in [-0.15, -0.1) is 0 Å². The number of esters is 1. The Morgan fingerprint density at radius 3 is 2.80 bits per heavy atom. The fourth-order valence-electron chi connectivity index (χ4n) is 3.02. The highest BCUT2D eigenvalue weighted by Crippen LogP contribution is 2.39. The van der Waals surface area contributed by atoms with Crippen molar-refractivity contribution in [3.63, 3.8) is 0 Å². The Hall–Kier alpha value is -2.83. The fourth-order valence-corrected chi connectivity index (χ4v) is 3.02. The van der Waals surface area contributed by atoms with Crippen LogP contribution in [0.4, 0.5) is 4.79 Å². The molecule has 25 heavy (non-hydrogen) atoms. The number of Topliss-reactive ketones (excluding diaryl/α,β-unsaturated/α-hetero) is 1. The molecule has 0 aromatic heterocycles. The van der Waals surface area contributed by atoms with E-state index in [1.165, 1.54) is 18.1 Å². The Bertz CT molecular complexity index is 748. The number of fused-ring (bicyclic) bond motifs is 1. The van der Waals surface area contributed by atoms with Crippen molar-refractivity contribution in [3.05, 3.63) is 35.4 Å². The second-order valence-electron chi connectivity index (χ2n) is 6.05. The van der Waals surface area contributed by atoms with Crippen molar-refractivity contribution in [1.82, 2.24) is 4.90 Å². The molecule has 0 bridgehead atoms. The van der Waals surface area contributed by atoms with Gasteiger partial charge in [-0.25, -0.2) is 9.59 Å². The van der Waals surface area contributed by atoms with E-state index in [1.54, 1.807) is 31.2 Å². The van der Waals surface area contributed by atoms with Crippen LogP contribution in [-0.2, 0) is 14.3 Å². The predicted octanol–water partition coefficient (Wildman–Crippen LogP) is 2.05. The van der Waals surface area contributed by atoms with Crippen LogP contribution in [0.1, 0.15) is 29.3 Å². The molecule has 1 fully saturated rings. The summed E-state index contributed by atoms with van der Waals surface area (Å²) in [5.41, 5.74) is 0.520. The first-order chi connectivity index (χ1) is 12.0. The molecule has 0 N–H and O–H groups in total. The lowest BCUT2D eigenvalue weighted by atomic mass is 9.83. The molecule has 3 rings (SSSR count). The second kappa shape index (κ2) is 6.58. The summed E-state index contributed by atoms with van der Waals surface area (Å²) in [6.45, 7) is 2.73. The molecule has 0 atom stereocenters. The highest BCUT2D eigenvalue weighted by molar-refractivity contribution is 6.01. The number of likely N-dealkylation sites (tertiary alicyclic amines) is 1. The lowest BCUT2D eigenvalue weighted by Gasteiger charge is -2.50. The lowest BCUT2D eigenvalue weighted by molar-refractivity contribution is -0.134. The maximum absolute atomic E-state index is 12.5. The number of ether oxygens (including phenoxy) is 3. The van der Waals surface area contributed by atoms with Crippen LogP contribution in [0.3, 0.4) is 0 Å². The van der Waals surface area contributed by atoms with Gasteiger partial charge in [0.25, 0.3) is 0 Å². The number of ketones is 1. The summed E-state index contributed by atoms with van der Waals surface area (Å²) in [5.74, 6) is -0.0131. The van der Waals surface area contributed by atoms with Gasteiger partial charge in [0.15, 0.2) is 11.4 Å².